The molecule has 0 bridgehead atoms. The van der Waals surface area contributed by atoms with E-state index in [1.807, 2.05) is 0 Å². The Morgan fingerprint density at radius 1 is 0.857 bits per heavy atom. The first kappa shape index (κ1) is 15.6. The van der Waals surface area contributed by atoms with Crippen LogP contribution < -0.4 is 4.52 Å². The quantitative estimate of drug-likeness (QED) is 0.504. The highest BCUT2D eigenvalue weighted by Crippen LogP contribution is 2.44. The van der Waals surface area contributed by atoms with E-state index < -0.39 is 59.2 Å². The van der Waals surface area contributed by atoms with Gasteiger partial charge < -0.3 is 4.52 Å². The van der Waals surface area contributed by atoms with E-state index in [1.165, 1.54) is 0 Å². The molecule has 114 valence electrons. The molecule has 2 aromatic carbocycles. The van der Waals surface area contributed by atoms with Gasteiger partial charge in [-0.3, -0.25) is 9.79 Å². The zero-order valence-corrected chi connectivity index (χ0v) is 10.4. The molecule has 2 N–H and O–H groups in total. The molecule has 0 saturated heterocycles. The van der Waals surface area contributed by atoms with Crippen LogP contribution in [0.1, 0.15) is 0 Å². The molecule has 0 amide bonds. The monoisotopic (exact) mass is 332 g/mol. The van der Waals surface area contributed by atoms with Gasteiger partial charge in [0.15, 0.2) is 34.8 Å². The number of fused-ring (bicyclic) bond motifs is 1. The molecule has 0 unspecified atom stereocenters. The van der Waals surface area contributed by atoms with Crippen molar-refractivity contribution in [2.75, 3.05) is 0 Å². The van der Waals surface area contributed by atoms with E-state index in [1.54, 1.807) is 0 Å². The summed E-state index contributed by atoms with van der Waals surface area (Å²) in [5.41, 5.74) is 0. The Labute approximate surface area is 111 Å². The van der Waals surface area contributed by atoms with Crippen LogP contribution in [0.25, 0.3) is 10.8 Å². The van der Waals surface area contributed by atoms with Gasteiger partial charge in [-0.05, 0) is 6.07 Å². The van der Waals surface area contributed by atoms with Crippen molar-refractivity contribution in [3.8, 4) is 5.75 Å². The third-order valence-corrected chi connectivity index (χ3v) is 2.84. The summed E-state index contributed by atoms with van der Waals surface area (Å²) in [6.45, 7) is 0. The molecule has 0 aliphatic rings. The van der Waals surface area contributed by atoms with Crippen LogP contribution in [0.4, 0.5) is 26.3 Å². The van der Waals surface area contributed by atoms with Gasteiger partial charge in [-0.25, -0.2) is 26.5 Å². The first-order valence-corrected chi connectivity index (χ1v) is 6.46. The number of hydrogen-bond acceptors (Lipinski definition) is 2. The van der Waals surface area contributed by atoms with E-state index in [-0.39, 0.29) is 6.07 Å². The summed E-state index contributed by atoms with van der Waals surface area (Å²) in [6, 6.07) is 0.0182. The number of rotatable bonds is 2. The molecule has 0 atom stereocenters. The molecule has 0 fully saturated rings. The highest BCUT2D eigenvalue weighted by atomic mass is 31.2. The van der Waals surface area contributed by atoms with E-state index in [0.29, 0.717) is 0 Å². The minimum Gasteiger partial charge on any atom is -0.400 e. The highest BCUT2D eigenvalue weighted by Gasteiger charge is 2.30. The average Bonchev–Trinajstić information content (AvgIpc) is 2.37. The zero-order valence-electron chi connectivity index (χ0n) is 9.50. The third kappa shape index (κ3) is 2.57. The van der Waals surface area contributed by atoms with E-state index in [9.17, 15) is 30.9 Å². The second-order valence-electron chi connectivity index (χ2n) is 3.76. The fourth-order valence-corrected chi connectivity index (χ4v) is 2.04. The lowest BCUT2D eigenvalue weighted by Crippen LogP contribution is -2.04. The second kappa shape index (κ2) is 4.90. The average molecular weight is 332 g/mol. The number of hydrogen-bond donors (Lipinski definition) is 2. The summed E-state index contributed by atoms with van der Waals surface area (Å²) in [5.74, 6) is -14.7. The van der Waals surface area contributed by atoms with Crippen LogP contribution in [0, 0.1) is 34.9 Å². The van der Waals surface area contributed by atoms with Crippen molar-refractivity contribution in [1.82, 2.24) is 0 Å². The lowest BCUT2D eigenvalue weighted by Gasteiger charge is -2.13. The van der Waals surface area contributed by atoms with Gasteiger partial charge in [0.25, 0.3) is 0 Å². The molecule has 0 spiro atoms. The van der Waals surface area contributed by atoms with E-state index in [4.69, 9.17) is 9.79 Å². The predicted octanol–water partition coefficient (Wildman–Crippen LogP) is 3.15. The van der Waals surface area contributed by atoms with Crippen molar-refractivity contribution < 1.29 is 45.2 Å². The van der Waals surface area contributed by atoms with Crippen LogP contribution in [0.5, 0.6) is 5.75 Å². The minimum absolute atomic E-state index is 0.0182. The van der Waals surface area contributed by atoms with Crippen molar-refractivity contribution in [2.24, 2.45) is 0 Å². The molecule has 0 aliphatic carbocycles. The number of phosphoric ester groups is 1. The van der Waals surface area contributed by atoms with Crippen LogP contribution >= 0.6 is 7.82 Å². The fourth-order valence-electron chi connectivity index (χ4n) is 1.62. The normalized spacial score (nSPS) is 12.0. The van der Waals surface area contributed by atoms with Gasteiger partial charge in [-0.2, -0.15) is 4.39 Å². The van der Waals surface area contributed by atoms with E-state index in [2.05, 4.69) is 4.52 Å². The Morgan fingerprint density at radius 2 is 1.38 bits per heavy atom. The van der Waals surface area contributed by atoms with Gasteiger partial charge >= 0.3 is 7.82 Å². The first-order chi connectivity index (χ1) is 9.54. The predicted molar refractivity (Wildman–Crippen MR) is 56.4 cm³/mol. The lowest BCUT2D eigenvalue weighted by atomic mass is 10.1. The van der Waals surface area contributed by atoms with E-state index >= 15 is 0 Å². The molecule has 0 heterocycles. The maximum absolute atomic E-state index is 13.5. The molecule has 4 nitrogen and oxygen atoms in total. The lowest BCUT2D eigenvalue weighted by molar-refractivity contribution is 0.277. The molecule has 2 aromatic rings. The number of halogens is 6. The third-order valence-electron chi connectivity index (χ3n) is 2.42. The molecule has 0 radical (unpaired) electrons. The Hall–Kier alpha value is -1.77. The molecule has 21 heavy (non-hydrogen) atoms. The van der Waals surface area contributed by atoms with Gasteiger partial charge in [-0.15, -0.1) is 0 Å². The largest absolute Gasteiger partial charge is 0.524 e. The standard InChI is InChI=1S/C10H3F6O4P/c11-3-1-2-4(6(13)5(3)12)7(14)8(15)9(16)10(2)20-21(17,18)19/h1H,(H2,17,18,19). The summed E-state index contributed by atoms with van der Waals surface area (Å²) < 4.78 is 94.1. The maximum Gasteiger partial charge on any atom is 0.524 e. The first-order valence-electron chi connectivity index (χ1n) is 4.93. The Balaban J connectivity index is 3.01. The fraction of sp³-hybridized carbons (Fsp3) is 0. The summed E-state index contributed by atoms with van der Waals surface area (Å²) in [5, 5.41) is -2.76. The number of phosphoric acid groups is 1. The van der Waals surface area contributed by atoms with Gasteiger partial charge in [-0.1, -0.05) is 0 Å². The van der Waals surface area contributed by atoms with Gasteiger partial charge in [0.05, 0.1) is 5.39 Å². The topological polar surface area (TPSA) is 66.8 Å². The van der Waals surface area contributed by atoms with Crippen LogP contribution in [0.15, 0.2) is 6.07 Å². The molecule has 0 aromatic heterocycles. The highest BCUT2D eigenvalue weighted by molar-refractivity contribution is 7.46. The van der Waals surface area contributed by atoms with Crippen molar-refractivity contribution in [3.63, 3.8) is 0 Å². The van der Waals surface area contributed by atoms with Crippen LogP contribution in [-0.4, -0.2) is 9.79 Å². The second-order valence-corrected chi connectivity index (χ2v) is 4.93. The van der Waals surface area contributed by atoms with Gasteiger partial charge in [0.2, 0.25) is 5.82 Å². The smallest absolute Gasteiger partial charge is 0.400 e. The Bertz CT molecular complexity index is 794. The summed E-state index contributed by atoms with van der Waals surface area (Å²) >= 11 is 0. The Kier molecular flexibility index (Phi) is 3.64. The van der Waals surface area contributed by atoms with Gasteiger partial charge in [0.1, 0.15) is 0 Å². The van der Waals surface area contributed by atoms with Crippen LogP contribution in [0.3, 0.4) is 0 Å². The molecule has 0 aliphatic heterocycles. The molecule has 11 heteroatoms. The van der Waals surface area contributed by atoms with Gasteiger partial charge in [0, 0.05) is 5.39 Å². The molecule has 2 rings (SSSR count). The molecular weight excluding hydrogens is 329 g/mol. The zero-order chi connectivity index (χ0) is 16.1. The number of benzene rings is 2. The Morgan fingerprint density at radius 3 is 1.90 bits per heavy atom. The van der Waals surface area contributed by atoms with E-state index in [0.717, 1.165) is 0 Å². The summed E-state index contributed by atoms with van der Waals surface area (Å²) in [4.78, 5) is 17.1. The van der Waals surface area contributed by atoms with Crippen LogP contribution in [0.2, 0.25) is 0 Å². The van der Waals surface area contributed by atoms with Crippen molar-refractivity contribution in [2.45, 2.75) is 0 Å². The van der Waals surface area contributed by atoms with Crippen molar-refractivity contribution >= 4 is 18.6 Å². The molecular formula is C10H3F6O4P. The summed E-state index contributed by atoms with van der Waals surface area (Å²) in [7, 11) is -5.46. The maximum atomic E-state index is 13.5. The van der Waals surface area contributed by atoms with Crippen molar-refractivity contribution in [3.05, 3.63) is 41.0 Å². The molecule has 0 saturated carbocycles. The van der Waals surface area contributed by atoms with Crippen LogP contribution in [-0.2, 0) is 4.57 Å². The minimum atomic E-state index is -5.46. The van der Waals surface area contributed by atoms with Crippen molar-refractivity contribution in [1.29, 1.82) is 0 Å². The SMILES string of the molecule is O=P(O)(O)Oc1c(F)c(F)c(F)c2c(F)c(F)c(F)cc12. The summed E-state index contributed by atoms with van der Waals surface area (Å²) in [6.07, 6.45) is 0.